The smallest absolute Gasteiger partial charge is 0.253 e. The number of halogens is 1. The molecule has 0 aliphatic carbocycles. The van der Waals surface area contributed by atoms with E-state index in [2.05, 4.69) is 10.6 Å². The van der Waals surface area contributed by atoms with Gasteiger partial charge in [-0.05, 0) is 65.9 Å². The van der Waals surface area contributed by atoms with E-state index < -0.39 is 10.0 Å². The second-order valence-corrected chi connectivity index (χ2v) is 11.8. The van der Waals surface area contributed by atoms with Crippen LogP contribution in [0.3, 0.4) is 0 Å². The van der Waals surface area contributed by atoms with Gasteiger partial charge >= 0.3 is 0 Å². The summed E-state index contributed by atoms with van der Waals surface area (Å²) in [4.78, 5) is 25.1. The third kappa shape index (κ3) is 9.49. The van der Waals surface area contributed by atoms with Crippen LogP contribution in [0.15, 0.2) is 103 Å². The van der Waals surface area contributed by atoms with Crippen molar-refractivity contribution >= 4 is 33.2 Å². The third-order valence-corrected chi connectivity index (χ3v) is 7.62. The largest absolute Gasteiger partial charge is 0.367 e. The van der Waals surface area contributed by atoms with Gasteiger partial charge in [0.05, 0.1) is 29.8 Å². The molecule has 0 unspecified atom stereocenters. The zero-order chi connectivity index (χ0) is 30.7. The topological polar surface area (TPSA) is 105 Å². The molecule has 0 fully saturated rings. The molecule has 10 heteroatoms. The van der Waals surface area contributed by atoms with Gasteiger partial charge in [-0.15, -0.1) is 0 Å². The summed E-state index contributed by atoms with van der Waals surface area (Å²) >= 11 is 0. The number of nitrogens with zero attached hydrogens (tertiary/aromatic N) is 1. The number of hydrogen-bond donors (Lipinski definition) is 2. The zero-order valence-electron chi connectivity index (χ0n) is 23.8. The Balaban J connectivity index is 1.23. The Labute approximate surface area is 251 Å². The lowest BCUT2D eigenvalue weighted by molar-refractivity contribution is -0.126. The summed E-state index contributed by atoms with van der Waals surface area (Å²) in [5, 5.41) is 5.72. The summed E-state index contributed by atoms with van der Waals surface area (Å²) in [6.07, 6.45) is 2.61. The molecule has 43 heavy (non-hydrogen) atoms. The second-order valence-electron chi connectivity index (χ2n) is 9.95. The minimum atomic E-state index is -3.72. The maximum Gasteiger partial charge on any atom is 0.253 e. The van der Waals surface area contributed by atoms with E-state index in [1.165, 1.54) is 16.4 Å². The number of hydrogen-bond acceptors (Lipinski definition) is 5. The number of anilines is 2. The number of benzene rings is 4. The number of carbonyl (C=O) groups excluding carboxylic acids is 2. The summed E-state index contributed by atoms with van der Waals surface area (Å²) in [5.74, 6) is -0.913. The lowest BCUT2D eigenvalue weighted by Gasteiger charge is -2.24. The first-order valence-electron chi connectivity index (χ1n) is 13.8. The first-order chi connectivity index (χ1) is 20.7. The fourth-order valence-electron chi connectivity index (χ4n) is 4.43. The van der Waals surface area contributed by atoms with Crippen molar-refractivity contribution in [2.24, 2.45) is 0 Å². The van der Waals surface area contributed by atoms with Crippen LogP contribution in [-0.2, 0) is 39.1 Å². The highest BCUT2D eigenvalue weighted by Gasteiger charge is 2.24. The molecule has 0 atom stereocenters. The SMILES string of the molecule is CS(=O)(=O)N(c1ccccc1)c1ccccc1C(=O)NCc1ccc(CCCNC(=O)COCc2ccc(F)cc2)cc1. The molecule has 0 saturated carbocycles. The zero-order valence-corrected chi connectivity index (χ0v) is 24.6. The Hall–Kier alpha value is -4.54. The minimum absolute atomic E-state index is 0.0686. The van der Waals surface area contributed by atoms with Gasteiger partial charge in [0.15, 0.2) is 0 Å². The Bertz CT molecular complexity index is 1610. The monoisotopic (exact) mass is 603 g/mol. The van der Waals surface area contributed by atoms with Crippen molar-refractivity contribution < 1.29 is 27.1 Å². The van der Waals surface area contributed by atoms with E-state index in [9.17, 15) is 22.4 Å². The molecule has 0 radical (unpaired) electrons. The van der Waals surface area contributed by atoms with Crippen molar-refractivity contribution in [1.82, 2.24) is 10.6 Å². The molecule has 2 amide bonds. The number of ether oxygens (including phenoxy) is 1. The first-order valence-corrected chi connectivity index (χ1v) is 15.6. The molecule has 0 aliphatic rings. The molecule has 4 aromatic rings. The number of carbonyl (C=O) groups is 2. The van der Waals surface area contributed by atoms with Crippen LogP contribution in [0, 0.1) is 5.82 Å². The van der Waals surface area contributed by atoms with Gasteiger partial charge in [0, 0.05) is 13.1 Å². The molecular formula is C33H34FN3O5S. The van der Waals surface area contributed by atoms with Crippen LogP contribution in [0.4, 0.5) is 15.8 Å². The molecule has 4 aromatic carbocycles. The van der Waals surface area contributed by atoms with Crippen LogP contribution < -0.4 is 14.9 Å². The predicted molar refractivity (Wildman–Crippen MR) is 165 cm³/mol. The molecule has 2 N–H and O–H groups in total. The fourth-order valence-corrected chi connectivity index (χ4v) is 5.45. The van der Waals surface area contributed by atoms with Gasteiger partial charge in [-0.2, -0.15) is 0 Å². The molecule has 0 spiro atoms. The Morgan fingerprint density at radius 2 is 1.42 bits per heavy atom. The lowest BCUT2D eigenvalue weighted by Crippen LogP contribution is -2.29. The summed E-state index contributed by atoms with van der Waals surface area (Å²) in [5.41, 5.74) is 3.74. The third-order valence-electron chi connectivity index (χ3n) is 6.55. The van der Waals surface area contributed by atoms with E-state index >= 15 is 0 Å². The van der Waals surface area contributed by atoms with Crippen LogP contribution in [0.5, 0.6) is 0 Å². The highest BCUT2D eigenvalue weighted by Crippen LogP contribution is 2.31. The summed E-state index contributed by atoms with van der Waals surface area (Å²) in [7, 11) is -3.72. The van der Waals surface area contributed by atoms with Gasteiger partial charge in [0.1, 0.15) is 12.4 Å². The molecule has 0 aliphatic heterocycles. The molecule has 0 saturated heterocycles. The average molecular weight is 604 g/mol. The summed E-state index contributed by atoms with van der Waals surface area (Å²) in [6, 6.07) is 29.0. The minimum Gasteiger partial charge on any atom is -0.367 e. The van der Waals surface area contributed by atoms with E-state index in [0.717, 1.165) is 35.8 Å². The van der Waals surface area contributed by atoms with Crippen molar-refractivity contribution in [3.05, 3.63) is 131 Å². The van der Waals surface area contributed by atoms with Crippen LogP contribution in [0.2, 0.25) is 0 Å². The number of sulfonamides is 1. The molecule has 4 rings (SSSR count). The van der Waals surface area contributed by atoms with E-state index in [1.54, 1.807) is 66.7 Å². The Morgan fingerprint density at radius 3 is 2.12 bits per heavy atom. The number of aryl methyl sites for hydroxylation is 1. The Kier molecular flexibility index (Phi) is 11.0. The van der Waals surface area contributed by atoms with Crippen LogP contribution in [0.1, 0.15) is 33.5 Å². The van der Waals surface area contributed by atoms with Crippen molar-refractivity contribution in [1.29, 1.82) is 0 Å². The number of rotatable bonds is 14. The maximum absolute atomic E-state index is 13.2. The maximum atomic E-state index is 13.2. The quantitative estimate of drug-likeness (QED) is 0.195. The van der Waals surface area contributed by atoms with Gasteiger partial charge < -0.3 is 15.4 Å². The average Bonchev–Trinajstić information content (AvgIpc) is 3.00. The normalized spacial score (nSPS) is 11.1. The van der Waals surface area contributed by atoms with Gasteiger partial charge in [0.25, 0.3) is 5.91 Å². The second kappa shape index (κ2) is 15.1. The number of nitrogens with one attached hydrogen (secondary N) is 2. The van der Waals surface area contributed by atoms with Crippen molar-refractivity contribution in [3.63, 3.8) is 0 Å². The van der Waals surface area contributed by atoms with E-state index in [0.29, 0.717) is 12.2 Å². The molecule has 0 aromatic heterocycles. The Morgan fingerprint density at radius 1 is 0.791 bits per heavy atom. The standard InChI is InChI=1S/C33H34FN3O5S/c1-43(40,41)37(29-9-3-2-4-10-29)31-12-6-5-11-30(31)33(39)36-22-26-15-13-25(14-16-26)8-7-21-35-32(38)24-42-23-27-17-19-28(34)20-18-27/h2-6,9-20H,7-8,21-24H2,1H3,(H,35,38)(H,36,39). The first kappa shape index (κ1) is 31.4. The van der Waals surface area contributed by atoms with Crippen molar-refractivity contribution in [2.75, 3.05) is 23.7 Å². The lowest BCUT2D eigenvalue weighted by atomic mass is 10.1. The van der Waals surface area contributed by atoms with E-state index in [1.807, 2.05) is 24.3 Å². The van der Waals surface area contributed by atoms with E-state index in [4.69, 9.17) is 4.74 Å². The van der Waals surface area contributed by atoms with Crippen molar-refractivity contribution in [3.8, 4) is 0 Å². The summed E-state index contributed by atoms with van der Waals surface area (Å²) < 4.78 is 44.9. The van der Waals surface area contributed by atoms with Gasteiger partial charge in [0.2, 0.25) is 15.9 Å². The molecular weight excluding hydrogens is 569 g/mol. The van der Waals surface area contributed by atoms with Gasteiger partial charge in [-0.25, -0.2) is 17.1 Å². The van der Waals surface area contributed by atoms with E-state index in [-0.39, 0.29) is 48.6 Å². The molecule has 8 nitrogen and oxygen atoms in total. The number of para-hydroxylation sites is 2. The number of amides is 2. The van der Waals surface area contributed by atoms with Gasteiger partial charge in [-0.1, -0.05) is 66.7 Å². The molecule has 224 valence electrons. The van der Waals surface area contributed by atoms with Crippen LogP contribution >= 0.6 is 0 Å². The predicted octanol–water partition coefficient (Wildman–Crippen LogP) is 5.12. The highest BCUT2D eigenvalue weighted by molar-refractivity contribution is 7.92. The van der Waals surface area contributed by atoms with Crippen molar-refractivity contribution in [2.45, 2.75) is 26.0 Å². The molecule has 0 heterocycles. The fraction of sp³-hybridized carbons (Fsp3) is 0.212. The van der Waals surface area contributed by atoms with Crippen LogP contribution in [0.25, 0.3) is 0 Å². The van der Waals surface area contributed by atoms with Gasteiger partial charge in [-0.3, -0.25) is 9.59 Å². The summed E-state index contributed by atoms with van der Waals surface area (Å²) in [6.45, 7) is 0.940. The van der Waals surface area contributed by atoms with Crippen LogP contribution in [-0.4, -0.2) is 39.6 Å². The highest BCUT2D eigenvalue weighted by atomic mass is 32.2. The molecule has 0 bridgehead atoms.